The number of benzene rings is 1. The molecule has 0 aromatic heterocycles. The molecule has 1 unspecified atom stereocenters. The fraction of sp³-hybridized carbons (Fsp3) is 0.500. The van der Waals surface area contributed by atoms with E-state index in [1.807, 2.05) is 6.07 Å². The van der Waals surface area contributed by atoms with E-state index in [1.165, 1.54) is 36.8 Å². The second-order valence-corrected chi connectivity index (χ2v) is 5.76. The molecule has 0 radical (unpaired) electrons. The van der Waals surface area contributed by atoms with Crippen LogP contribution in [0.15, 0.2) is 34.3 Å². The van der Waals surface area contributed by atoms with Gasteiger partial charge in [-0.05, 0) is 65.9 Å². The van der Waals surface area contributed by atoms with E-state index in [0.29, 0.717) is 6.04 Å². The number of hydrogen-bond acceptors (Lipinski definition) is 2. The molecule has 2 nitrogen and oxygen atoms in total. The Kier molecular flexibility index (Phi) is 5.46. The van der Waals surface area contributed by atoms with Crippen LogP contribution in [0.3, 0.4) is 0 Å². The zero-order chi connectivity index (χ0) is 13.7. The summed E-state index contributed by atoms with van der Waals surface area (Å²) >= 11 is 3.58. The van der Waals surface area contributed by atoms with Crippen LogP contribution >= 0.6 is 15.9 Å². The molecule has 1 aliphatic rings. The predicted molar refractivity (Wildman–Crippen MR) is 83.7 cm³/mol. The Morgan fingerprint density at radius 1 is 1.37 bits per heavy atom. The van der Waals surface area contributed by atoms with Crippen LogP contribution in [0.2, 0.25) is 0 Å². The molecule has 1 aromatic carbocycles. The third-order valence-electron chi connectivity index (χ3n) is 3.61. The van der Waals surface area contributed by atoms with E-state index in [1.54, 1.807) is 7.11 Å². The molecule has 0 bridgehead atoms. The lowest BCUT2D eigenvalue weighted by Crippen LogP contribution is -2.23. The van der Waals surface area contributed by atoms with Gasteiger partial charge in [0.05, 0.1) is 17.6 Å². The Hall–Kier alpha value is -0.800. The highest BCUT2D eigenvalue weighted by molar-refractivity contribution is 9.10. The van der Waals surface area contributed by atoms with Gasteiger partial charge in [0.15, 0.2) is 0 Å². The minimum atomic E-state index is 0.340. The van der Waals surface area contributed by atoms with Gasteiger partial charge >= 0.3 is 0 Å². The molecule has 0 aliphatic heterocycles. The van der Waals surface area contributed by atoms with E-state index >= 15 is 0 Å². The number of nitrogens with one attached hydrogen (secondary N) is 1. The van der Waals surface area contributed by atoms with Gasteiger partial charge in [0, 0.05) is 0 Å². The number of rotatable bonds is 5. The number of methoxy groups -OCH3 is 1. The van der Waals surface area contributed by atoms with E-state index in [4.69, 9.17) is 4.74 Å². The van der Waals surface area contributed by atoms with Crippen LogP contribution in [0.25, 0.3) is 0 Å². The van der Waals surface area contributed by atoms with Crippen LogP contribution in [0.5, 0.6) is 5.75 Å². The summed E-state index contributed by atoms with van der Waals surface area (Å²) in [6, 6.07) is 6.70. The van der Waals surface area contributed by atoms with E-state index in [-0.39, 0.29) is 0 Å². The second-order valence-electron chi connectivity index (χ2n) is 4.91. The van der Waals surface area contributed by atoms with Gasteiger partial charge in [-0.3, -0.25) is 0 Å². The maximum Gasteiger partial charge on any atom is 0.133 e. The van der Waals surface area contributed by atoms with Crippen molar-refractivity contribution in [3.8, 4) is 5.75 Å². The first-order valence-electron chi connectivity index (χ1n) is 7.02. The molecule has 0 fully saturated rings. The highest BCUT2D eigenvalue weighted by Crippen LogP contribution is 2.33. The summed E-state index contributed by atoms with van der Waals surface area (Å²) in [6.45, 7) is 3.14. The summed E-state index contributed by atoms with van der Waals surface area (Å²) in [4.78, 5) is 0. The monoisotopic (exact) mass is 323 g/mol. The molecule has 104 valence electrons. The van der Waals surface area contributed by atoms with Crippen molar-refractivity contribution in [3.63, 3.8) is 0 Å². The standard InChI is InChI=1S/C16H22BrNO/c1-3-18-16(12-7-5-4-6-8-12)13-9-10-15(19-2)14(17)11-13/h7,9-11,16,18H,3-6,8H2,1-2H3. The van der Waals surface area contributed by atoms with E-state index in [9.17, 15) is 0 Å². The highest BCUT2D eigenvalue weighted by Gasteiger charge is 2.18. The van der Waals surface area contributed by atoms with E-state index in [0.717, 1.165) is 16.8 Å². The lowest BCUT2D eigenvalue weighted by Gasteiger charge is -2.25. The van der Waals surface area contributed by atoms with E-state index in [2.05, 4.69) is 46.4 Å². The van der Waals surface area contributed by atoms with Gasteiger partial charge in [-0.2, -0.15) is 0 Å². The van der Waals surface area contributed by atoms with Gasteiger partial charge in [-0.1, -0.05) is 24.6 Å². The molecule has 0 saturated heterocycles. The maximum absolute atomic E-state index is 5.30. The summed E-state index contributed by atoms with van der Waals surface area (Å²) < 4.78 is 6.32. The van der Waals surface area contributed by atoms with Gasteiger partial charge in [0.1, 0.15) is 5.75 Å². The molecule has 0 amide bonds. The van der Waals surface area contributed by atoms with Crippen LogP contribution in [-0.4, -0.2) is 13.7 Å². The Balaban J connectivity index is 2.27. The van der Waals surface area contributed by atoms with Crippen molar-refractivity contribution in [3.05, 3.63) is 39.9 Å². The number of hydrogen-bond donors (Lipinski definition) is 1. The van der Waals surface area contributed by atoms with Crippen LogP contribution in [0, 0.1) is 0 Å². The summed E-state index contributed by atoms with van der Waals surface area (Å²) in [5.41, 5.74) is 2.84. The van der Waals surface area contributed by atoms with Crippen molar-refractivity contribution in [1.29, 1.82) is 0 Å². The fourth-order valence-corrected chi connectivity index (χ4v) is 3.21. The first-order chi connectivity index (χ1) is 9.26. The smallest absolute Gasteiger partial charge is 0.133 e. The highest BCUT2D eigenvalue weighted by atomic mass is 79.9. The van der Waals surface area contributed by atoms with Gasteiger partial charge in [-0.25, -0.2) is 0 Å². The lowest BCUT2D eigenvalue weighted by molar-refractivity contribution is 0.411. The maximum atomic E-state index is 5.30. The molecule has 0 heterocycles. The summed E-state index contributed by atoms with van der Waals surface area (Å²) in [5, 5.41) is 3.60. The van der Waals surface area contributed by atoms with Crippen molar-refractivity contribution in [1.82, 2.24) is 5.32 Å². The topological polar surface area (TPSA) is 21.3 Å². The van der Waals surface area contributed by atoms with Crippen LogP contribution in [0.1, 0.15) is 44.2 Å². The third kappa shape index (κ3) is 3.61. The molecule has 0 saturated carbocycles. The average Bonchev–Trinajstić information content (AvgIpc) is 2.45. The number of likely N-dealkylation sites (N-methyl/N-ethyl adjacent to an activating group) is 1. The number of ether oxygens (including phenoxy) is 1. The number of allylic oxidation sites excluding steroid dienone is 1. The normalized spacial score (nSPS) is 16.9. The molecule has 0 spiro atoms. The van der Waals surface area contributed by atoms with Gasteiger partial charge in [-0.15, -0.1) is 0 Å². The fourth-order valence-electron chi connectivity index (χ4n) is 2.65. The first kappa shape index (κ1) is 14.6. The van der Waals surface area contributed by atoms with Crippen LogP contribution < -0.4 is 10.1 Å². The summed E-state index contributed by atoms with van der Waals surface area (Å²) in [5.74, 6) is 0.886. The van der Waals surface area contributed by atoms with Crippen molar-refractivity contribution in [2.75, 3.05) is 13.7 Å². The molecule has 1 aromatic rings. The van der Waals surface area contributed by atoms with Gasteiger partial charge < -0.3 is 10.1 Å². The molecule has 3 heteroatoms. The van der Waals surface area contributed by atoms with Crippen LogP contribution in [-0.2, 0) is 0 Å². The molecule has 1 atom stereocenters. The van der Waals surface area contributed by atoms with Crippen molar-refractivity contribution >= 4 is 15.9 Å². The van der Waals surface area contributed by atoms with Crippen molar-refractivity contribution < 1.29 is 4.74 Å². The van der Waals surface area contributed by atoms with Crippen LogP contribution in [0.4, 0.5) is 0 Å². The molecular formula is C16H22BrNO. The largest absolute Gasteiger partial charge is 0.496 e. The quantitative estimate of drug-likeness (QED) is 0.799. The summed E-state index contributed by atoms with van der Waals surface area (Å²) in [6.07, 6.45) is 7.48. The third-order valence-corrected chi connectivity index (χ3v) is 4.23. The average molecular weight is 324 g/mol. The van der Waals surface area contributed by atoms with E-state index < -0.39 is 0 Å². The van der Waals surface area contributed by atoms with Gasteiger partial charge in [0.2, 0.25) is 0 Å². The minimum Gasteiger partial charge on any atom is -0.496 e. The minimum absolute atomic E-state index is 0.340. The van der Waals surface area contributed by atoms with Gasteiger partial charge in [0.25, 0.3) is 0 Å². The lowest BCUT2D eigenvalue weighted by atomic mass is 9.90. The SMILES string of the molecule is CCNC(C1=CCCCC1)c1ccc(OC)c(Br)c1. The molecule has 19 heavy (non-hydrogen) atoms. The number of halogens is 1. The molecular weight excluding hydrogens is 302 g/mol. The molecule has 1 N–H and O–H groups in total. The predicted octanol–water partition coefficient (Wildman–Crippen LogP) is 4.61. The Morgan fingerprint density at radius 3 is 2.79 bits per heavy atom. The Labute approximate surface area is 124 Å². The summed E-state index contributed by atoms with van der Waals surface area (Å²) in [7, 11) is 1.70. The second kappa shape index (κ2) is 7.11. The first-order valence-corrected chi connectivity index (χ1v) is 7.81. The zero-order valence-electron chi connectivity index (χ0n) is 11.7. The van der Waals surface area contributed by atoms with Crippen molar-refractivity contribution in [2.24, 2.45) is 0 Å². The zero-order valence-corrected chi connectivity index (χ0v) is 13.3. The Bertz CT molecular complexity index is 456. The Morgan fingerprint density at radius 2 is 2.21 bits per heavy atom. The molecule has 2 rings (SSSR count). The van der Waals surface area contributed by atoms with Crippen molar-refractivity contribution in [2.45, 2.75) is 38.6 Å². The molecule has 1 aliphatic carbocycles.